The van der Waals surface area contributed by atoms with Crippen molar-refractivity contribution in [2.45, 2.75) is 38.4 Å². The molecule has 30 heavy (non-hydrogen) atoms. The first-order chi connectivity index (χ1) is 14.5. The van der Waals surface area contributed by atoms with Gasteiger partial charge in [-0.15, -0.1) is 0 Å². The maximum absolute atomic E-state index is 13.1. The minimum Gasteiger partial charge on any atom is -0.359 e. The Hall–Kier alpha value is -2.44. The summed E-state index contributed by atoms with van der Waals surface area (Å²) in [5.41, 5.74) is 2.05. The maximum atomic E-state index is 13.1. The molecule has 0 aromatic heterocycles. The van der Waals surface area contributed by atoms with Crippen molar-refractivity contribution >= 4 is 40.7 Å². The van der Waals surface area contributed by atoms with Crippen molar-refractivity contribution in [2.24, 2.45) is 11.8 Å². The summed E-state index contributed by atoms with van der Waals surface area (Å²) in [5, 5.41) is 7.44. The van der Waals surface area contributed by atoms with E-state index >= 15 is 0 Å². The molecule has 4 rings (SSSR count). The first-order valence-corrected chi connectivity index (χ1v) is 11.0. The molecule has 0 radical (unpaired) electrons. The van der Waals surface area contributed by atoms with Crippen molar-refractivity contribution in [2.75, 3.05) is 0 Å². The van der Waals surface area contributed by atoms with E-state index in [0.717, 1.165) is 11.1 Å². The number of thiocarbonyl (C=S) groups is 1. The van der Waals surface area contributed by atoms with Crippen LogP contribution in [0.25, 0.3) is 0 Å². The van der Waals surface area contributed by atoms with Gasteiger partial charge < -0.3 is 10.6 Å². The van der Waals surface area contributed by atoms with Crippen molar-refractivity contribution < 1.29 is 9.59 Å². The third-order valence-electron chi connectivity index (χ3n) is 5.92. The average molecular weight is 442 g/mol. The highest BCUT2D eigenvalue weighted by Crippen LogP contribution is 2.33. The van der Waals surface area contributed by atoms with Crippen molar-refractivity contribution in [3.8, 4) is 0 Å². The van der Waals surface area contributed by atoms with Gasteiger partial charge in [0.15, 0.2) is 5.11 Å². The van der Waals surface area contributed by atoms with Crippen LogP contribution in [0.3, 0.4) is 0 Å². The Morgan fingerprint density at radius 3 is 2.57 bits per heavy atom. The zero-order valence-corrected chi connectivity index (χ0v) is 18.1. The fourth-order valence-electron chi connectivity index (χ4n) is 4.25. The van der Waals surface area contributed by atoms with Gasteiger partial charge in [-0.2, -0.15) is 0 Å². The Kier molecular flexibility index (Phi) is 6.35. The number of benzene rings is 2. The topological polar surface area (TPSA) is 61.4 Å². The lowest BCUT2D eigenvalue weighted by Crippen LogP contribution is -2.61. The Balaban J connectivity index is 1.35. The normalized spacial score (nSPS) is 23.5. The highest BCUT2D eigenvalue weighted by molar-refractivity contribution is 7.80. The SMILES string of the molecule is O=C(NCc1ccccc1)C1CCC2C(=O)N(Cc3ccc(Cl)cc3)C(=S)NC2C1. The lowest BCUT2D eigenvalue weighted by atomic mass is 9.76. The standard InChI is InChI=1S/C23H24ClN3O2S/c24-18-9-6-16(7-10-18)14-27-22(29)19-11-8-17(12-20(19)26-23(27)30)21(28)25-13-15-4-2-1-3-5-15/h1-7,9-10,17,19-20H,8,11-14H2,(H,25,28)(H,26,30). The third-order valence-corrected chi connectivity index (χ3v) is 6.51. The molecule has 0 bridgehead atoms. The second-order valence-electron chi connectivity index (χ2n) is 7.93. The van der Waals surface area contributed by atoms with Crippen LogP contribution in [-0.2, 0) is 22.7 Å². The van der Waals surface area contributed by atoms with E-state index < -0.39 is 0 Å². The number of nitrogens with zero attached hydrogens (tertiary/aromatic N) is 1. The van der Waals surface area contributed by atoms with Gasteiger partial charge in [0.2, 0.25) is 11.8 Å². The lowest BCUT2D eigenvalue weighted by molar-refractivity contribution is -0.138. The number of nitrogens with one attached hydrogen (secondary N) is 2. The maximum Gasteiger partial charge on any atom is 0.234 e. The fourth-order valence-corrected chi connectivity index (χ4v) is 4.68. The number of rotatable bonds is 5. The van der Waals surface area contributed by atoms with Crippen molar-refractivity contribution in [1.82, 2.24) is 15.5 Å². The molecule has 2 fully saturated rings. The number of halogens is 1. The molecular formula is C23H24ClN3O2S. The first-order valence-electron chi connectivity index (χ1n) is 10.2. The van der Waals surface area contributed by atoms with Gasteiger partial charge in [0.05, 0.1) is 12.5 Å². The Morgan fingerprint density at radius 2 is 1.83 bits per heavy atom. The summed E-state index contributed by atoms with van der Waals surface area (Å²) in [7, 11) is 0. The summed E-state index contributed by atoms with van der Waals surface area (Å²) in [4.78, 5) is 27.4. The summed E-state index contributed by atoms with van der Waals surface area (Å²) in [6, 6.07) is 17.2. The second-order valence-corrected chi connectivity index (χ2v) is 8.75. The summed E-state index contributed by atoms with van der Waals surface area (Å²) in [5.74, 6) is -0.175. The Bertz CT molecular complexity index is 935. The number of carbonyl (C=O) groups is 2. The molecule has 3 atom stereocenters. The van der Waals surface area contributed by atoms with E-state index in [-0.39, 0.29) is 29.7 Å². The van der Waals surface area contributed by atoms with Crippen LogP contribution in [0.1, 0.15) is 30.4 Å². The van der Waals surface area contributed by atoms with Gasteiger partial charge in [-0.05, 0) is 54.7 Å². The minimum atomic E-state index is -0.151. The Morgan fingerprint density at radius 1 is 1.10 bits per heavy atom. The summed E-state index contributed by atoms with van der Waals surface area (Å²) < 4.78 is 0. The van der Waals surface area contributed by atoms with E-state index in [4.69, 9.17) is 23.8 Å². The molecule has 1 saturated heterocycles. The Labute approximate surface area is 186 Å². The monoisotopic (exact) mass is 441 g/mol. The average Bonchev–Trinajstić information content (AvgIpc) is 2.76. The van der Waals surface area contributed by atoms with Crippen molar-refractivity contribution in [3.63, 3.8) is 0 Å². The molecule has 7 heteroatoms. The fraction of sp³-hybridized carbons (Fsp3) is 0.348. The zero-order chi connectivity index (χ0) is 21.1. The molecule has 3 unspecified atom stereocenters. The van der Waals surface area contributed by atoms with Gasteiger partial charge in [-0.3, -0.25) is 14.5 Å². The van der Waals surface area contributed by atoms with Crippen LogP contribution in [0.15, 0.2) is 54.6 Å². The number of fused-ring (bicyclic) bond motifs is 1. The van der Waals surface area contributed by atoms with Gasteiger partial charge in [0.1, 0.15) is 0 Å². The van der Waals surface area contributed by atoms with Crippen LogP contribution in [0.5, 0.6) is 0 Å². The van der Waals surface area contributed by atoms with Crippen LogP contribution < -0.4 is 10.6 Å². The van der Waals surface area contributed by atoms with E-state index in [2.05, 4.69) is 10.6 Å². The van der Waals surface area contributed by atoms with Crippen LogP contribution in [0.2, 0.25) is 5.02 Å². The number of hydrogen-bond donors (Lipinski definition) is 2. The third kappa shape index (κ3) is 4.65. The van der Waals surface area contributed by atoms with Crippen LogP contribution in [-0.4, -0.2) is 27.9 Å². The molecule has 1 aliphatic heterocycles. The summed E-state index contributed by atoms with van der Waals surface area (Å²) in [6.45, 7) is 0.940. The van der Waals surface area contributed by atoms with Crippen molar-refractivity contribution in [1.29, 1.82) is 0 Å². The second kappa shape index (κ2) is 9.14. The molecule has 2 N–H and O–H groups in total. The van der Waals surface area contributed by atoms with E-state index in [9.17, 15) is 9.59 Å². The highest BCUT2D eigenvalue weighted by atomic mass is 35.5. The van der Waals surface area contributed by atoms with E-state index in [1.807, 2.05) is 54.6 Å². The molecule has 1 aliphatic carbocycles. The molecule has 1 heterocycles. The zero-order valence-electron chi connectivity index (χ0n) is 16.5. The van der Waals surface area contributed by atoms with Crippen molar-refractivity contribution in [3.05, 3.63) is 70.7 Å². The van der Waals surface area contributed by atoms with E-state index in [0.29, 0.717) is 42.5 Å². The van der Waals surface area contributed by atoms with E-state index in [1.165, 1.54) is 0 Å². The van der Waals surface area contributed by atoms with E-state index in [1.54, 1.807) is 4.90 Å². The summed E-state index contributed by atoms with van der Waals surface area (Å²) >= 11 is 11.4. The number of carbonyl (C=O) groups excluding carboxylic acids is 2. The van der Waals surface area contributed by atoms with Crippen LogP contribution >= 0.6 is 23.8 Å². The molecule has 2 aliphatic rings. The quantitative estimate of drug-likeness (QED) is 0.695. The molecular weight excluding hydrogens is 418 g/mol. The van der Waals surface area contributed by atoms with Gasteiger partial charge >= 0.3 is 0 Å². The molecule has 1 saturated carbocycles. The summed E-state index contributed by atoms with van der Waals surface area (Å²) in [6.07, 6.45) is 2.00. The predicted octanol–water partition coefficient (Wildman–Crippen LogP) is 3.66. The minimum absolute atomic E-state index is 0.0427. The molecule has 2 aromatic rings. The predicted molar refractivity (Wildman–Crippen MR) is 121 cm³/mol. The first kappa shape index (κ1) is 20.8. The molecule has 2 amide bonds. The molecule has 5 nitrogen and oxygen atoms in total. The smallest absolute Gasteiger partial charge is 0.234 e. The van der Waals surface area contributed by atoms with Crippen LogP contribution in [0, 0.1) is 11.8 Å². The van der Waals surface area contributed by atoms with Gasteiger partial charge in [0.25, 0.3) is 0 Å². The van der Waals surface area contributed by atoms with Crippen LogP contribution in [0.4, 0.5) is 0 Å². The molecule has 2 aromatic carbocycles. The number of hydrogen-bond acceptors (Lipinski definition) is 3. The highest BCUT2D eigenvalue weighted by Gasteiger charge is 2.44. The molecule has 156 valence electrons. The largest absolute Gasteiger partial charge is 0.359 e. The van der Waals surface area contributed by atoms with Gasteiger partial charge in [-0.1, -0.05) is 54.1 Å². The van der Waals surface area contributed by atoms with Gasteiger partial charge in [-0.25, -0.2) is 0 Å². The molecule has 0 spiro atoms. The number of amides is 2. The lowest BCUT2D eigenvalue weighted by Gasteiger charge is -2.43. The van der Waals surface area contributed by atoms with Gasteiger partial charge in [0, 0.05) is 23.5 Å².